The second-order valence-electron chi connectivity index (χ2n) is 5.25. The van der Waals surface area contributed by atoms with E-state index in [1.54, 1.807) is 12.1 Å². The molecule has 0 bridgehead atoms. The number of pyridine rings is 1. The van der Waals surface area contributed by atoms with Crippen molar-refractivity contribution in [2.45, 2.75) is 13.0 Å². The highest BCUT2D eigenvalue weighted by molar-refractivity contribution is 5.99. The van der Waals surface area contributed by atoms with E-state index < -0.39 is 5.97 Å². The second-order valence-corrected chi connectivity index (χ2v) is 5.25. The number of carboxylic acid groups (broad SMARTS) is 1. The lowest BCUT2D eigenvalue weighted by molar-refractivity contribution is 0.0691. The maximum Gasteiger partial charge on any atom is 0.354 e. The average Bonchev–Trinajstić information content (AvgIpc) is 2.47. The first-order valence-electron chi connectivity index (χ1n) is 6.91. The number of nitrogens with one attached hydrogen (secondary N) is 1. The number of nitrogens with zero attached hydrogens (tertiary/aromatic N) is 2. The smallest absolute Gasteiger partial charge is 0.354 e. The minimum absolute atomic E-state index is 0.000336. The van der Waals surface area contributed by atoms with Crippen LogP contribution in [0.15, 0.2) is 24.3 Å². The maximum atomic E-state index is 11.3. The molecule has 1 aromatic heterocycles. The standard InChI is InChI=1S/C15H17N3O3/c1-9-8-16-5-6-18(9)12-7-11(15(20)21)17-14-10(12)3-2-4-13(14)19/h2-4,7,9,16,19H,5-6,8H2,1H3,(H,20,21). The number of phenols is 1. The van der Waals surface area contributed by atoms with Crippen molar-refractivity contribution in [3.8, 4) is 5.75 Å². The van der Waals surface area contributed by atoms with Crippen molar-refractivity contribution in [2.75, 3.05) is 24.5 Å². The molecule has 0 saturated carbocycles. The zero-order valence-electron chi connectivity index (χ0n) is 11.7. The number of fused-ring (bicyclic) bond motifs is 1. The van der Waals surface area contributed by atoms with E-state index in [9.17, 15) is 15.0 Å². The molecular formula is C15H17N3O3. The Labute approximate surface area is 122 Å². The molecule has 110 valence electrons. The third-order valence-electron chi connectivity index (χ3n) is 3.83. The third kappa shape index (κ3) is 2.38. The summed E-state index contributed by atoms with van der Waals surface area (Å²) in [5.74, 6) is -1.09. The number of para-hydroxylation sites is 1. The van der Waals surface area contributed by atoms with Crippen molar-refractivity contribution in [2.24, 2.45) is 0 Å². The largest absolute Gasteiger partial charge is 0.506 e. The summed E-state index contributed by atoms with van der Waals surface area (Å²) in [4.78, 5) is 17.5. The molecule has 1 aliphatic heterocycles. The molecule has 1 fully saturated rings. The van der Waals surface area contributed by atoms with Crippen LogP contribution in [0.25, 0.3) is 10.9 Å². The van der Waals surface area contributed by atoms with Gasteiger partial charge in [0.1, 0.15) is 11.3 Å². The molecule has 3 N–H and O–H groups in total. The lowest BCUT2D eigenvalue weighted by atomic mass is 10.1. The molecule has 6 heteroatoms. The summed E-state index contributed by atoms with van der Waals surface area (Å²) in [6, 6.07) is 6.96. The van der Waals surface area contributed by atoms with Gasteiger partial charge in [-0.15, -0.1) is 0 Å². The topological polar surface area (TPSA) is 85.7 Å². The molecule has 0 amide bonds. The fraction of sp³-hybridized carbons (Fsp3) is 0.333. The Morgan fingerprint density at radius 2 is 2.29 bits per heavy atom. The molecule has 0 aliphatic carbocycles. The molecule has 2 heterocycles. The van der Waals surface area contributed by atoms with Gasteiger partial charge in [-0.3, -0.25) is 0 Å². The van der Waals surface area contributed by atoms with E-state index in [0.717, 1.165) is 30.7 Å². The van der Waals surface area contributed by atoms with Gasteiger partial charge in [0, 0.05) is 36.7 Å². The van der Waals surface area contributed by atoms with Crippen LogP contribution in [0.2, 0.25) is 0 Å². The van der Waals surface area contributed by atoms with Gasteiger partial charge in [0.15, 0.2) is 5.69 Å². The van der Waals surface area contributed by atoms with Crippen LogP contribution < -0.4 is 10.2 Å². The van der Waals surface area contributed by atoms with Gasteiger partial charge in [0.2, 0.25) is 0 Å². The van der Waals surface area contributed by atoms with Gasteiger partial charge in [-0.2, -0.15) is 0 Å². The van der Waals surface area contributed by atoms with E-state index in [-0.39, 0.29) is 17.5 Å². The number of piperazine rings is 1. The van der Waals surface area contributed by atoms with Gasteiger partial charge in [-0.25, -0.2) is 9.78 Å². The molecule has 1 aromatic carbocycles. The van der Waals surface area contributed by atoms with Gasteiger partial charge in [0.25, 0.3) is 0 Å². The van der Waals surface area contributed by atoms with E-state index in [4.69, 9.17) is 0 Å². The molecule has 0 spiro atoms. The summed E-state index contributed by atoms with van der Waals surface area (Å²) in [5, 5.41) is 23.3. The van der Waals surface area contributed by atoms with Crippen LogP contribution in [0.1, 0.15) is 17.4 Å². The fourth-order valence-electron chi connectivity index (χ4n) is 2.76. The van der Waals surface area contributed by atoms with Crippen molar-refractivity contribution >= 4 is 22.6 Å². The number of benzene rings is 1. The van der Waals surface area contributed by atoms with Crippen LogP contribution in [-0.4, -0.2) is 46.8 Å². The Balaban J connectivity index is 2.24. The number of anilines is 1. The van der Waals surface area contributed by atoms with Gasteiger partial charge in [0.05, 0.1) is 0 Å². The number of carboxylic acids is 1. The van der Waals surface area contributed by atoms with E-state index in [1.807, 2.05) is 6.07 Å². The molecular weight excluding hydrogens is 270 g/mol. The van der Waals surface area contributed by atoms with Crippen molar-refractivity contribution in [3.63, 3.8) is 0 Å². The molecule has 1 aliphatic rings. The summed E-state index contributed by atoms with van der Waals surface area (Å²) >= 11 is 0. The molecule has 21 heavy (non-hydrogen) atoms. The molecule has 1 saturated heterocycles. The Hall–Kier alpha value is -2.34. The molecule has 2 aromatic rings. The van der Waals surface area contributed by atoms with Crippen LogP contribution >= 0.6 is 0 Å². The highest BCUT2D eigenvalue weighted by atomic mass is 16.4. The highest BCUT2D eigenvalue weighted by Gasteiger charge is 2.23. The SMILES string of the molecule is CC1CNCCN1c1cc(C(=O)O)nc2c(O)cccc12. The Morgan fingerprint density at radius 3 is 3.00 bits per heavy atom. The van der Waals surface area contributed by atoms with Gasteiger partial charge < -0.3 is 20.4 Å². The average molecular weight is 287 g/mol. The number of aromatic hydroxyl groups is 1. The summed E-state index contributed by atoms with van der Waals surface area (Å²) < 4.78 is 0. The van der Waals surface area contributed by atoms with Gasteiger partial charge in [-0.05, 0) is 19.1 Å². The van der Waals surface area contributed by atoms with E-state index >= 15 is 0 Å². The summed E-state index contributed by atoms with van der Waals surface area (Å²) in [5.41, 5.74) is 1.09. The normalized spacial score (nSPS) is 18.9. The van der Waals surface area contributed by atoms with Crippen molar-refractivity contribution in [1.29, 1.82) is 0 Å². The predicted octanol–water partition coefficient (Wildman–Crippen LogP) is 1.44. The maximum absolute atomic E-state index is 11.3. The number of hydrogen-bond acceptors (Lipinski definition) is 5. The Bertz CT molecular complexity index is 702. The lowest BCUT2D eigenvalue weighted by Gasteiger charge is -2.36. The number of phenolic OH excluding ortho intramolecular Hbond substituents is 1. The number of rotatable bonds is 2. The quantitative estimate of drug-likeness (QED) is 0.775. The van der Waals surface area contributed by atoms with Crippen LogP contribution in [0.4, 0.5) is 5.69 Å². The summed E-state index contributed by atoms with van der Waals surface area (Å²) in [7, 11) is 0. The van der Waals surface area contributed by atoms with Crippen LogP contribution in [0.5, 0.6) is 5.75 Å². The Kier molecular flexibility index (Phi) is 3.39. The van der Waals surface area contributed by atoms with Crippen molar-refractivity contribution in [3.05, 3.63) is 30.0 Å². The number of hydrogen-bond donors (Lipinski definition) is 3. The zero-order valence-corrected chi connectivity index (χ0v) is 11.7. The first kappa shape index (κ1) is 13.6. The fourth-order valence-corrected chi connectivity index (χ4v) is 2.76. The van der Waals surface area contributed by atoms with Crippen LogP contribution in [-0.2, 0) is 0 Å². The first-order chi connectivity index (χ1) is 10.1. The zero-order chi connectivity index (χ0) is 15.0. The number of aromatic nitrogens is 1. The third-order valence-corrected chi connectivity index (χ3v) is 3.83. The van der Waals surface area contributed by atoms with Crippen LogP contribution in [0, 0.1) is 0 Å². The van der Waals surface area contributed by atoms with Crippen LogP contribution in [0.3, 0.4) is 0 Å². The molecule has 0 radical (unpaired) electrons. The van der Waals surface area contributed by atoms with Gasteiger partial charge >= 0.3 is 5.97 Å². The summed E-state index contributed by atoms with van der Waals surface area (Å²) in [6.07, 6.45) is 0. The minimum atomic E-state index is -1.09. The van der Waals surface area contributed by atoms with E-state index in [2.05, 4.69) is 22.1 Å². The molecule has 3 rings (SSSR count). The second kappa shape index (κ2) is 5.21. The van der Waals surface area contributed by atoms with E-state index in [0.29, 0.717) is 5.52 Å². The van der Waals surface area contributed by atoms with Gasteiger partial charge in [-0.1, -0.05) is 12.1 Å². The van der Waals surface area contributed by atoms with Crippen molar-refractivity contribution < 1.29 is 15.0 Å². The van der Waals surface area contributed by atoms with E-state index in [1.165, 1.54) is 6.07 Å². The first-order valence-corrected chi connectivity index (χ1v) is 6.91. The number of carbonyl (C=O) groups is 1. The summed E-state index contributed by atoms with van der Waals surface area (Å²) in [6.45, 7) is 4.55. The minimum Gasteiger partial charge on any atom is -0.506 e. The molecule has 1 atom stereocenters. The predicted molar refractivity (Wildman–Crippen MR) is 80.0 cm³/mol. The number of aromatic carboxylic acids is 1. The highest BCUT2D eigenvalue weighted by Crippen LogP contribution is 2.33. The van der Waals surface area contributed by atoms with Crippen molar-refractivity contribution in [1.82, 2.24) is 10.3 Å². The molecule has 1 unspecified atom stereocenters. The molecule has 6 nitrogen and oxygen atoms in total. The lowest BCUT2D eigenvalue weighted by Crippen LogP contribution is -2.50. The Morgan fingerprint density at radius 1 is 1.48 bits per heavy atom. The monoisotopic (exact) mass is 287 g/mol.